The lowest BCUT2D eigenvalue weighted by Crippen LogP contribution is -2.30. The second-order valence-electron chi connectivity index (χ2n) is 4.25. The van der Waals surface area contributed by atoms with Crippen molar-refractivity contribution >= 4 is 11.4 Å². The summed E-state index contributed by atoms with van der Waals surface area (Å²) < 4.78 is 0. The molecule has 1 aliphatic carbocycles. The zero-order valence-corrected chi connectivity index (χ0v) is 8.11. The Labute approximate surface area is 83.8 Å². The van der Waals surface area contributed by atoms with E-state index in [-0.39, 0.29) is 0 Å². The lowest BCUT2D eigenvalue weighted by Gasteiger charge is -2.25. The quantitative estimate of drug-likeness (QED) is 0.663. The van der Waals surface area contributed by atoms with Gasteiger partial charge in [-0.1, -0.05) is 18.2 Å². The van der Waals surface area contributed by atoms with Gasteiger partial charge in [-0.05, 0) is 30.9 Å². The zero-order chi connectivity index (χ0) is 9.54. The second kappa shape index (κ2) is 2.92. The maximum Gasteiger partial charge on any atom is 0.0667 e. The average molecular weight is 186 g/mol. The lowest BCUT2D eigenvalue weighted by atomic mass is 9.81. The van der Waals surface area contributed by atoms with Gasteiger partial charge in [-0.25, -0.2) is 0 Å². The number of aliphatic imine (C=N–C) groups is 1. The third-order valence-corrected chi connectivity index (χ3v) is 3.29. The maximum absolute atomic E-state index is 5.99. The van der Waals surface area contributed by atoms with E-state index in [1.165, 1.54) is 17.0 Å². The first-order valence-electron chi connectivity index (χ1n) is 5.26. The number of nitrogens with two attached hydrogens (primary N) is 1. The van der Waals surface area contributed by atoms with E-state index in [0.29, 0.717) is 12.0 Å². The molecule has 2 nitrogen and oxygen atoms in total. The van der Waals surface area contributed by atoms with Gasteiger partial charge in [-0.3, -0.25) is 4.99 Å². The van der Waals surface area contributed by atoms with Crippen molar-refractivity contribution in [1.29, 1.82) is 0 Å². The van der Waals surface area contributed by atoms with Crippen LogP contribution < -0.4 is 5.73 Å². The Morgan fingerprint density at radius 2 is 2.14 bits per heavy atom. The lowest BCUT2D eigenvalue weighted by molar-refractivity contribution is 0.528. The van der Waals surface area contributed by atoms with Gasteiger partial charge >= 0.3 is 0 Å². The number of nitrogens with zero attached hydrogens (tertiary/aromatic N) is 1. The predicted molar refractivity (Wildman–Crippen MR) is 58.1 cm³/mol. The van der Waals surface area contributed by atoms with Crippen molar-refractivity contribution in [2.24, 2.45) is 10.7 Å². The Bertz CT molecular complexity index is 395. The fourth-order valence-corrected chi connectivity index (χ4v) is 2.54. The van der Waals surface area contributed by atoms with E-state index >= 15 is 0 Å². The summed E-state index contributed by atoms with van der Waals surface area (Å²) >= 11 is 0. The summed E-state index contributed by atoms with van der Waals surface area (Å²) in [6, 6.07) is 8.81. The topological polar surface area (TPSA) is 38.4 Å². The van der Waals surface area contributed by atoms with Gasteiger partial charge in [0.1, 0.15) is 0 Å². The van der Waals surface area contributed by atoms with Crippen LogP contribution in [0.3, 0.4) is 0 Å². The molecule has 2 aliphatic rings. The largest absolute Gasteiger partial charge is 0.328 e. The van der Waals surface area contributed by atoms with Gasteiger partial charge in [0.2, 0.25) is 0 Å². The summed E-state index contributed by atoms with van der Waals surface area (Å²) in [5.41, 5.74) is 9.90. The van der Waals surface area contributed by atoms with Crippen molar-refractivity contribution in [3.8, 4) is 0 Å². The SMILES string of the molecule is NC1CCC2=Nc3ccccc3C2C1. The zero-order valence-electron chi connectivity index (χ0n) is 8.11. The van der Waals surface area contributed by atoms with E-state index in [2.05, 4.69) is 29.3 Å². The van der Waals surface area contributed by atoms with Gasteiger partial charge in [0.25, 0.3) is 0 Å². The van der Waals surface area contributed by atoms with Crippen LogP contribution in [-0.2, 0) is 0 Å². The summed E-state index contributed by atoms with van der Waals surface area (Å²) in [4.78, 5) is 4.67. The van der Waals surface area contributed by atoms with Gasteiger partial charge in [-0.15, -0.1) is 0 Å². The monoisotopic (exact) mass is 186 g/mol. The molecule has 0 radical (unpaired) electrons. The molecule has 0 aromatic heterocycles. The van der Waals surface area contributed by atoms with Crippen LogP contribution in [-0.4, -0.2) is 11.8 Å². The Morgan fingerprint density at radius 1 is 1.29 bits per heavy atom. The van der Waals surface area contributed by atoms with Crippen LogP contribution in [0.15, 0.2) is 29.3 Å². The van der Waals surface area contributed by atoms with Gasteiger partial charge in [0.15, 0.2) is 0 Å². The van der Waals surface area contributed by atoms with E-state index in [9.17, 15) is 0 Å². The highest BCUT2D eigenvalue weighted by atomic mass is 14.8. The molecule has 0 saturated heterocycles. The summed E-state index contributed by atoms with van der Waals surface area (Å²) in [5, 5.41) is 0. The highest BCUT2D eigenvalue weighted by Gasteiger charge is 2.31. The van der Waals surface area contributed by atoms with Crippen molar-refractivity contribution in [3.63, 3.8) is 0 Å². The first-order valence-corrected chi connectivity index (χ1v) is 5.26. The molecular formula is C12H14N2. The minimum absolute atomic E-state index is 0.366. The summed E-state index contributed by atoms with van der Waals surface area (Å²) in [5.74, 6) is 0.523. The third kappa shape index (κ3) is 1.11. The number of benzene rings is 1. The molecule has 1 fully saturated rings. The van der Waals surface area contributed by atoms with E-state index in [0.717, 1.165) is 19.3 Å². The van der Waals surface area contributed by atoms with Crippen LogP contribution in [0.25, 0.3) is 0 Å². The summed E-state index contributed by atoms with van der Waals surface area (Å²) in [6.45, 7) is 0. The Morgan fingerprint density at radius 3 is 3.07 bits per heavy atom. The van der Waals surface area contributed by atoms with Gasteiger partial charge < -0.3 is 5.73 Å². The number of hydrogen-bond acceptors (Lipinski definition) is 2. The normalized spacial score (nSPS) is 29.4. The fourth-order valence-electron chi connectivity index (χ4n) is 2.54. The Hall–Kier alpha value is -1.15. The van der Waals surface area contributed by atoms with E-state index in [1.54, 1.807) is 0 Å². The smallest absolute Gasteiger partial charge is 0.0667 e. The number of para-hydroxylation sites is 1. The van der Waals surface area contributed by atoms with Crippen LogP contribution >= 0.6 is 0 Å². The van der Waals surface area contributed by atoms with Crippen molar-refractivity contribution in [2.45, 2.75) is 31.2 Å². The third-order valence-electron chi connectivity index (χ3n) is 3.29. The molecule has 1 aliphatic heterocycles. The van der Waals surface area contributed by atoms with Gasteiger partial charge in [0.05, 0.1) is 5.69 Å². The molecule has 2 heteroatoms. The van der Waals surface area contributed by atoms with Crippen LogP contribution in [0.1, 0.15) is 30.7 Å². The molecule has 2 N–H and O–H groups in total. The molecule has 72 valence electrons. The van der Waals surface area contributed by atoms with Crippen LogP contribution in [0.4, 0.5) is 5.69 Å². The molecule has 1 saturated carbocycles. The first kappa shape index (κ1) is 8.18. The minimum atomic E-state index is 0.366. The number of rotatable bonds is 0. The van der Waals surface area contributed by atoms with Crippen molar-refractivity contribution in [1.82, 2.24) is 0 Å². The van der Waals surface area contributed by atoms with E-state index in [4.69, 9.17) is 5.73 Å². The average Bonchev–Trinajstić information content (AvgIpc) is 2.56. The molecule has 14 heavy (non-hydrogen) atoms. The molecule has 0 amide bonds. The molecule has 1 heterocycles. The molecule has 0 bridgehead atoms. The fraction of sp³-hybridized carbons (Fsp3) is 0.417. The van der Waals surface area contributed by atoms with Crippen LogP contribution in [0, 0.1) is 0 Å². The number of hydrogen-bond donors (Lipinski definition) is 1. The van der Waals surface area contributed by atoms with Crippen molar-refractivity contribution in [3.05, 3.63) is 29.8 Å². The standard InChI is InChI=1S/C12H14N2/c13-8-5-6-12-10(7-8)9-3-1-2-4-11(9)14-12/h1-4,8,10H,5-7,13H2. The number of fused-ring (bicyclic) bond motifs is 3. The molecule has 0 spiro atoms. The Kier molecular flexibility index (Phi) is 1.71. The summed E-state index contributed by atoms with van der Waals surface area (Å²) in [6.07, 6.45) is 3.26. The van der Waals surface area contributed by atoms with Gasteiger partial charge in [0, 0.05) is 17.7 Å². The second-order valence-corrected chi connectivity index (χ2v) is 4.25. The highest BCUT2D eigenvalue weighted by molar-refractivity contribution is 5.98. The molecule has 1 aromatic rings. The molecule has 3 rings (SSSR count). The predicted octanol–water partition coefficient (Wildman–Crippen LogP) is 2.37. The first-order chi connectivity index (χ1) is 6.84. The minimum Gasteiger partial charge on any atom is -0.328 e. The molecule has 1 aromatic carbocycles. The van der Waals surface area contributed by atoms with Crippen molar-refractivity contribution < 1.29 is 0 Å². The van der Waals surface area contributed by atoms with Gasteiger partial charge in [-0.2, -0.15) is 0 Å². The van der Waals surface area contributed by atoms with Crippen LogP contribution in [0.5, 0.6) is 0 Å². The van der Waals surface area contributed by atoms with E-state index < -0.39 is 0 Å². The van der Waals surface area contributed by atoms with Crippen LogP contribution in [0.2, 0.25) is 0 Å². The van der Waals surface area contributed by atoms with Crippen molar-refractivity contribution in [2.75, 3.05) is 0 Å². The molecular weight excluding hydrogens is 172 g/mol. The maximum atomic E-state index is 5.99. The Balaban J connectivity index is 2.04. The van der Waals surface area contributed by atoms with E-state index in [1.807, 2.05) is 0 Å². The summed E-state index contributed by atoms with van der Waals surface area (Å²) in [7, 11) is 0. The molecule has 2 atom stereocenters. The molecule has 2 unspecified atom stereocenters. The highest BCUT2D eigenvalue weighted by Crippen LogP contribution is 2.41.